The summed E-state index contributed by atoms with van der Waals surface area (Å²) in [5, 5.41) is 7.21. The molecule has 0 atom stereocenters. The number of hydrogen-bond acceptors (Lipinski definition) is 5. The number of methoxy groups -OCH3 is 1. The molecule has 1 aromatic carbocycles. The summed E-state index contributed by atoms with van der Waals surface area (Å²) in [5.74, 6) is 0.929. The maximum absolute atomic E-state index is 12.4. The lowest BCUT2D eigenvalue weighted by molar-refractivity contribution is 0.102. The molecule has 0 aliphatic rings. The summed E-state index contributed by atoms with van der Waals surface area (Å²) in [4.78, 5) is 20.5. The van der Waals surface area contributed by atoms with E-state index in [9.17, 15) is 4.79 Å². The molecule has 0 saturated heterocycles. The fraction of sp³-hybridized carbons (Fsp3) is 0.0667. The molecule has 0 saturated carbocycles. The number of aromatic nitrogens is 4. The summed E-state index contributed by atoms with van der Waals surface area (Å²) < 4.78 is 6.74. The SMILES string of the molecule is COc1ccc(Cl)cc1C(=O)Nc1cc(-n2cccn2)ncn1. The zero-order valence-corrected chi connectivity index (χ0v) is 12.9. The van der Waals surface area contributed by atoms with Crippen molar-refractivity contribution < 1.29 is 9.53 Å². The van der Waals surface area contributed by atoms with Crippen LogP contribution < -0.4 is 10.1 Å². The largest absolute Gasteiger partial charge is 0.496 e. The molecular formula is C15H12ClN5O2. The number of ether oxygens (including phenoxy) is 1. The molecule has 0 bridgehead atoms. The number of rotatable bonds is 4. The van der Waals surface area contributed by atoms with E-state index < -0.39 is 0 Å². The van der Waals surface area contributed by atoms with Gasteiger partial charge in [-0.05, 0) is 24.3 Å². The van der Waals surface area contributed by atoms with Gasteiger partial charge in [-0.25, -0.2) is 14.6 Å². The van der Waals surface area contributed by atoms with Crippen molar-refractivity contribution in [1.29, 1.82) is 0 Å². The summed E-state index contributed by atoms with van der Waals surface area (Å²) >= 11 is 5.94. The quantitative estimate of drug-likeness (QED) is 0.795. The van der Waals surface area contributed by atoms with Crippen LogP contribution in [-0.2, 0) is 0 Å². The summed E-state index contributed by atoms with van der Waals surface area (Å²) in [6.07, 6.45) is 4.73. The number of anilines is 1. The molecule has 3 rings (SSSR count). The first-order valence-electron chi connectivity index (χ1n) is 6.64. The lowest BCUT2D eigenvalue weighted by atomic mass is 10.2. The molecule has 0 spiro atoms. The fourth-order valence-corrected chi connectivity index (χ4v) is 2.16. The molecule has 7 nitrogen and oxygen atoms in total. The summed E-state index contributed by atoms with van der Waals surface area (Å²) in [5.41, 5.74) is 0.319. The number of nitrogens with zero attached hydrogens (tertiary/aromatic N) is 4. The van der Waals surface area contributed by atoms with Crippen molar-refractivity contribution in [3.8, 4) is 11.6 Å². The maximum atomic E-state index is 12.4. The van der Waals surface area contributed by atoms with Crippen molar-refractivity contribution in [2.75, 3.05) is 12.4 Å². The van der Waals surface area contributed by atoms with Gasteiger partial charge in [0.15, 0.2) is 5.82 Å². The minimum absolute atomic E-state index is 0.319. The van der Waals surface area contributed by atoms with E-state index in [1.165, 1.54) is 19.5 Å². The van der Waals surface area contributed by atoms with E-state index in [0.29, 0.717) is 28.0 Å². The van der Waals surface area contributed by atoms with Crippen LogP contribution in [0.4, 0.5) is 5.82 Å². The second kappa shape index (κ2) is 6.45. The van der Waals surface area contributed by atoms with Crippen LogP contribution in [0.2, 0.25) is 5.02 Å². The number of nitrogens with one attached hydrogen (secondary N) is 1. The van der Waals surface area contributed by atoms with Crippen LogP contribution in [0.15, 0.2) is 49.1 Å². The van der Waals surface area contributed by atoms with Crippen LogP contribution in [0.1, 0.15) is 10.4 Å². The van der Waals surface area contributed by atoms with Crippen LogP contribution >= 0.6 is 11.6 Å². The Kier molecular flexibility index (Phi) is 4.20. The predicted molar refractivity (Wildman–Crippen MR) is 85.1 cm³/mol. The smallest absolute Gasteiger partial charge is 0.260 e. The molecule has 2 heterocycles. The molecule has 1 amide bonds. The van der Waals surface area contributed by atoms with Crippen LogP contribution in [0.5, 0.6) is 5.75 Å². The molecule has 2 aromatic heterocycles. The van der Waals surface area contributed by atoms with E-state index in [1.807, 2.05) is 0 Å². The van der Waals surface area contributed by atoms with Gasteiger partial charge in [-0.2, -0.15) is 5.10 Å². The van der Waals surface area contributed by atoms with Gasteiger partial charge in [-0.15, -0.1) is 0 Å². The standard InChI is InChI=1S/C15H12ClN5O2/c1-23-12-4-3-10(16)7-11(12)15(22)20-13-8-14(18-9-17-13)21-6-2-5-19-21/h2-9H,1H3,(H,17,18,20,22). The van der Waals surface area contributed by atoms with E-state index in [2.05, 4.69) is 20.4 Å². The number of benzene rings is 1. The van der Waals surface area contributed by atoms with Crippen LogP contribution in [0.3, 0.4) is 0 Å². The zero-order chi connectivity index (χ0) is 16.2. The van der Waals surface area contributed by atoms with Gasteiger partial charge in [0, 0.05) is 23.5 Å². The van der Waals surface area contributed by atoms with Crippen molar-refractivity contribution in [2.45, 2.75) is 0 Å². The first-order chi connectivity index (χ1) is 11.2. The topological polar surface area (TPSA) is 81.9 Å². The van der Waals surface area contributed by atoms with Crippen molar-refractivity contribution in [3.63, 3.8) is 0 Å². The van der Waals surface area contributed by atoms with Gasteiger partial charge in [0.1, 0.15) is 17.9 Å². The molecule has 0 radical (unpaired) electrons. The van der Waals surface area contributed by atoms with E-state index in [-0.39, 0.29) is 5.91 Å². The lowest BCUT2D eigenvalue weighted by Gasteiger charge is -2.09. The third-order valence-corrected chi connectivity index (χ3v) is 3.27. The number of carbonyl (C=O) groups excluding carboxylic acids is 1. The predicted octanol–water partition coefficient (Wildman–Crippen LogP) is 2.58. The van der Waals surface area contributed by atoms with Crippen molar-refractivity contribution in [3.05, 3.63) is 59.6 Å². The summed E-state index contributed by atoms with van der Waals surface area (Å²) in [6.45, 7) is 0. The maximum Gasteiger partial charge on any atom is 0.260 e. The highest BCUT2D eigenvalue weighted by Gasteiger charge is 2.14. The molecule has 0 unspecified atom stereocenters. The molecule has 0 aliphatic carbocycles. The van der Waals surface area contributed by atoms with Crippen molar-refractivity contribution in [1.82, 2.24) is 19.7 Å². The first-order valence-corrected chi connectivity index (χ1v) is 7.02. The third-order valence-electron chi connectivity index (χ3n) is 3.04. The molecule has 116 valence electrons. The Morgan fingerprint density at radius 1 is 1.30 bits per heavy atom. The highest BCUT2D eigenvalue weighted by molar-refractivity contribution is 6.31. The Morgan fingerprint density at radius 3 is 2.91 bits per heavy atom. The van der Waals surface area contributed by atoms with Gasteiger partial charge < -0.3 is 10.1 Å². The van der Waals surface area contributed by atoms with Crippen LogP contribution in [-0.4, -0.2) is 32.8 Å². The lowest BCUT2D eigenvalue weighted by Crippen LogP contribution is -2.15. The van der Waals surface area contributed by atoms with Crippen molar-refractivity contribution >= 4 is 23.3 Å². The molecule has 8 heteroatoms. The highest BCUT2D eigenvalue weighted by atomic mass is 35.5. The van der Waals surface area contributed by atoms with Crippen LogP contribution in [0, 0.1) is 0 Å². The Bertz CT molecular complexity index is 836. The molecule has 1 N–H and O–H groups in total. The Morgan fingerprint density at radius 2 is 2.17 bits per heavy atom. The fourth-order valence-electron chi connectivity index (χ4n) is 1.99. The Balaban J connectivity index is 1.86. The second-order valence-corrected chi connectivity index (χ2v) is 4.95. The minimum Gasteiger partial charge on any atom is -0.496 e. The van der Waals surface area contributed by atoms with Gasteiger partial charge in [0.25, 0.3) is 5.91 Å². The Labute approximate surface area is 136 Å². The highest BCUT2D eigenvalue weighted by Crippen LogP contribution is 2.23. The van der Waals surface area contributed by atoms with Crippen molar-refractivity contribution in [2.24, 2.45) is 0 Å². The van der Waals surface area contributed by atoms with E-state index >= 15 is 0 Å². The Hall–Kier alpha value is -2.93. The van der Waals surface area contributed by atoms with E-state index in [0.717, 1.165) is 0 Å². The number of amides is 1. The van der Waals surface area contributed by atoms with Crippen LogP contribution in [0.25, 0.3) is 5.82 Å². The number of carbonyl (C=O) groups is 1. The van der Waals surface area contributed by atoms with Gasteiger partial charge in [0.05, 0.1) is 12.7 Å². The van der Waals surface area contributed by atoms with Gasteiger partial charge in [-0.1, -0.05) is 11.6 Å². The van der Waals surface area contributed by atoms with E-state index in [4.69, 9.17) is 16.3 Å². The zero-order valence-electron chi connectivity index (χ0n) is 12.1. The molecule has 0 aliphatic heterocycles. The van der Waals surface area contributed by atoms with Gasteiger partial charge >= 0.3 is 0 Å². The first kappa shape index (κ1) is 15.0. The third kappa shape index (κ3) is 3.29. The normalized spacial score (nSPS) is 10.3. The molecule has 3 aromatic rings. The monoisotopic (exact) mass is 329 g/mol. The summed E-state index contributed by atoms with van der Waals surface area (Å²) in [6, 6.07) is 8.20. The van der Waals surface area contributed by atoms with Gasteiger partial charge in [-0.3, -0.25) is 4.79 Å². The average molecular weight is 330 g/mol. The molecule has 0 fully saturated rings. The number of hydrogen-bond donors (Lipinski definition) is 1. The average Bonchev–Trinajstić information content (AvgIpc) is 3.09. The molecular weight excluding hydrogens is 318 g/mol. The second-order valence-electron chi connectivity index (χ2n) is 4.51. The number of halogens is 1. The van der Waals surface area contributed by atoms with Gasteiger partial charge in [0.2, 0.25) is 0 Å². The van der Waals surface area contributed by atoms with E-state index in [1.54, 1.807) is 41.3 Å². The molecule has 23 heavy (non-hydrogen) atoms. The minimum atomic E-state index is -0.380. The summed E-state index contributed by atoms with van der Waals surface area (Å²) in [7, 11) is 1.49.